The van der Waals surface area contributed by atoms with E-state index in [1.807, 2.05) is 34.9 Å². The van der Waals surface area contributed by atoms with Crippen molar-refractivity contribution in [3.8, 4) is 0 Å². The Bertz CT molecular complexity index is 939. The molecular formula is C18H15Cl2N3OS. The van der Waals surface area contributed by atoms with Gasteiger partial charge in [0.15, 0.2) is 5.16 Å². The van der Waals surface area contributed by atoms with Crippen molar-refractivity contribution in [2.45, 2.75) is 11.7 Å². The van der Waals surface area contributed by atoms with Crippen LogP contribution in [0.5, 0.6) is 0 Å². The second-order valence-corrected chi connectivity index (χ2v) is 7.03. The molecule has 0 spiro atoms. The molecule has 0 radical (unpaired) electrons. The molecule has 0 atom stereocenters. The zero-order valence-electron chi connectivity index (χ0n) is 13.2. The zero-order chi connectivity index (χ0) is 17.8. The maximum atomic E-state index is 12.2. The van der Waals surface area contributed by atoms with E-state index in [4.69, 9.17) is 23.2 Å². The molecule has 0 saturated heterocycles. The van der Waals surface area contributed by atoms with Gasteiger partial charge >= 0.3 is 0 Å². The van der Waals surface area contributed by atoms with Crippen LogP contribution in [0.2, 0.25) is 10.0 Å². The summed E-state index contributed by atoms with van der Waals surface area (Å²) in [5.41, 5.74) is 2.45. The van der Waals surface area contributed by atoms with Gasteiger partial charge in [0.1, 0.15) is 0 Å². The molecule has 1 N–H and O–H groups in total. The number of rotatable bonds is 6. The topological polar surface area (TPSA) is 46.9 Å². The van der Waals surface area contributed by atoms with Crippen LogP contribution in [0.4, 0.5) is 5.69 Å². The van der Waals surface area contributed by atoms with Gasteiger partial charge in [-0.25, -0.2) is 4.98 Å². The van der Waals surface area contributed by atoms with Crippen LogP contribution < -0.4 is 5.32 Å². The first-order valence-corrected chi connectivity index (χ1v) is 9.26. The highest BCUT2D eigenvalue weighted by Gasteiger charge is 2.13. The molecule has 1 heterocycles. The molecule has 25 heavy (non-hydrogen) atoms. The Balaban J connectivity index is 1.72. The summed E-state index contributed by atoms with van der Waals surface area (Å²) in [4.78, 5) is 16.8. The van der Waals surface area contributed by atoms with E-state index < -0.39 is 0 Å². The Hall–Kier alpha value is -1.95. The van der Waals surface area contributed by atoms with Crippen LogP contribution >= 0.6 is 35.0 Å². The van der Waals surface area contributed by atoms with E-state index in [1.54, 1.807) is 18.2 Å². The number of nitrogens with one attached hydrogen (secondary N) is 1. The first kappa shape index (κ1) is 17.9. The van der Waals surface area contributed by atoms with Gasteiger partial charge in [-0.05, 0) is 30.3 Å². The fourth-order valence-electron chi connectivity index (χ4n) is 2.38. The molecule has 2 aromatic carbocycles. The summed E-state index contributed by atoms with van der Waals surface area (Å²) in [5.74, 6) is 0.0609. The lowest BCUT2D eigenvalue weighted by molar-refractivity contribution is -0.113. The number of carbonyl (C=O) groups is 1. The third-order valence-corrected chi connectivity index (χ3v) is 4.99. The van der Waals surface area contributed by atoms with Gasteiger partial charge in [-0.15, -0.1) is 6.58 Å². The second-order valence-electron chi connectivity index (χ2n) is 5.24. The number of thioether (sulfide) groups is 1. The monoisotopic (exact) mass is 391 g/mol. The third kappa shape index (κ3) is 4.18. The summed E-state index contributed by atoms with van der Waals surface area (Å²) >= 11 is 13.3. The molecule has 1 amide bonds. The molecule has 7 heteroatoms. The number of allylic oxidation sites excluding steroid dienone is 1. The number of amides is 1. The number of fused-ring (bicyclic) bond motifs is 1. The molecule has 0 bridgehead atoms. The fraction of sp³-hybridized carbons (Fsp3) is 0.111. The van der Waals surface area contributed by atoms with E-state index in [-0.39, 0.29) is 11.7 Å². The van der Waals surface area contributed by atoms with Crippen molar-refractivity contribution in [1.29, 1.82) is 0 Å². The van der Waals surface area contributed by atoms with Crippen molar-refractivity contribution >= 4 is 57.6 Å². The molecule has 4 nitrogen and oxygen atoms in total. The van der Waals surface area contributed by atoms with Crippen LogP contribution in [0, 0.1) is 0 Å². The molecule has 0 aliphatic heterocycles. The average molecular weight is 392 g/mol. The van der Waals surface area contributed by atoms with Crippen molar-refractivity contribution in [2.75, 3.05) is 11.1 Å². The van der Waals surface area contributed by atoms with Gasteiger partial charge in [-0.2, -0.15) is 0 Å². The van der Waals surface area contributed by atoms with Crippen LogP contribution in [0.3, 0.4) is 0 Å². The minimum absolute atomic E-state index is 0.161. The molecule has 0 aliphatic rings. The summed E-state index contributed by atoms with van der Waals surface area (Å²) in [6, 6.07) is 12.8. The van der Waals surface area contributed by atoms with Gasteiger partial charge in [-0.1, -0.05) is 53.2 Å². The van der Waals surface area contributed by atoms with Crippen molar-refractivity contribution < 1.29 is 4.79 Å². The van der Waals surface area contributed by atoms with Crippen molar-refractivity contribution in [2.24, 2.45) is 0 Å². The number of halogens is 2. The fourth-order valence-corrected chi connectivity index (χ4v) is 3.66. The van der Waals surface area contributed by atoms with E-state index in [0.717, 1.165) is 16.2 Å². The maximum Gasteiger partial charge on any atom is 0.234 e. The maximum absolute atomic E-state index is 12.2. The normalized spacial score (nSPS) is 10.8. The number of anilines is 1. The molecule has 0 saturated carbocycles. The van der Waals surface area contributed by atoms with Crippen LogP contribution in [0.1, 0.15) is 0 Å². The number of para-hydroxylation sites is 2. The standard InChI is InChI=1S/C18H15Cl2N3OS/c1-2-9-23-16-6-4-3-5-15(16)22-18(23)25-11-17(24)21-14-8-7-12(19)10-13(14)20/h2-8,10H,1,9,11H2,(H,21,24). The molecule has 128 valence electrons. The Labute approximate surface area is 159 Å². The van der Waals surface area contributed by atoms with Gasteiger partial charge in [0.25, 0.3) is 0 Å². The Morgan fingerprint density at radius 2 is 2.08 bits per heavy atom. The Morgan fingerprint density at radius 3 is 2.84 bits per heavy atom. The van der Waals surface area contributed by atoms with Crippen molar-refractivity contribution in [3.63, 3.8) is 0 Å². The van der Waals surface area contributed by atoms with E-state index in [0.29, 0.717) is 22.3 Å². The summed E-state index contributed by atoms with van der Waals surface area (Å²) < 4.78 is 2.04. The zero-order valence-corrected chi connectivity index (χ0v) is 15.5. The molecule has 0 unspecified atom stereocenters. The lowest BCUT2D eigenvalue weighted by atomic mass is 10.3. The van der Waals surface area contributed by atoms with Gasteiger partial charge in [0.05, 0.1) is 27.5 Å². The van der Waals surface area contributed by atoms with Crippen LogP contribution in [0.15, 0.2) is 60.3 Å². The first-order chi connectivity index (χ1) is 12.1. The van der Waals surface area contributed by atoms with Gasteiger partial charge in [-0.3, -0.25) is 4.79 Å². The molecule has 3 rings (SSSR count). The molecule has 0 fully saturated rings. The third-order valence-electron chi connectivity index (χ3n) is 3.47. The predicted octanol–water partition coefficient (Wildman–Crippen LogP) is 5.26. The number of imidazole rings is 1. The lowest BCUT2D eigenvalue weighted by Gasteiger charge is -2.08. The Kier molecular flexibility index (Phi) is 5.68. The molecule has 3 aromatic rings. The van der Waals surface area contributed by atoms with E-state index in [9.17, 15) is 4.79 Å². The molecule has 0 aliphatic carbocycles. The van der Waals surface area contributed by atoms with Gasteiger partial charge < -0.3 is 9.88 Å². The highest BCUT2D eigenvalue weighted by molar-refractivity contribution is 7.99. The first-order valence-electron chi connectivity index (χ1n) is 7.52. The van der Waals surface area contributed by atoms with E-state index >= 15 is 0 Å². The SMILES string of the molecule is C=CCn1c(SCC(=O)Nc2ccc(Cl)cc2Cl)nc2ccccc21. The number of nitrogens with zero attached hydrogens (tertiary/aromatic N) is 2. The van der Waals surface area contributed by atoms with Crippen molar-refractivity contribution in [3.05, 3.63) is 65.2 Å². The van der Waals surface area contributed by atoms with Crippen LogP contribution in [-0.4, -0.2) is 21.2 Å². The molecule has 1 aromatic heterocycles. The summed E-state index contributed by atoms with van der Waals surface area (Å²) in [6.45, 7) is 4.42. The number of carbonyl (C=O) groups excluding carboxylic acids is 1. The highest BCUT2D eigenvalue weighted by Crippen LogP contribution is 2.27. The predicted molar refractivity (Wildman–Crippen MR) is 106 cm³/mol. The number of hydrogen-bond donors (Lipinski definition) is 1. The minimum atomic E-state index is -0.161. The summed E-state index contributed by atoms with van der Waals surface area (Å²) in [7, 11) is 0. The van der Waals surface area contributed by atoms with E-state index in [1.165, 1.54) is 11.8 Å². The largest absolute Gasteiger partial charge is 0.324 e. The number of aromatic nitrogens is 2. The Morgan fingerprint density at radius 1 is 1.28 bits per heavy atom. The van der Waals surface area contributed by atoms with Crippen molar-refractivity contribution in [1.82, 2.24) is 9.55 Å². The molecular weight excluding hydrogens is 377 g/mol. The lowest BCUT2D eigenvalue weighted by Crippen LogP contribution is -2.15. The van der Waals surface area contributed by atoms with Gasteiger partial charge in [0.2, 0.25) is 5.91 Å². The average Bonchev–Trinajstić information content (AvgIpc) is 2.94. The minimum Gasteiger partial charge on any atom is -0.324 e. The van der Waals surface area contributed by atoms with Gasteiger partial charge in [0, 0.05) is 11.6 Å². The van der Waals surface area contributed by atoms with Crippen LogP contribution in [0.25, 0.3) is 11.0 Å². The summed E-state index contributed by atoms with van der Waals surface area (Å²) in [6.07, 6.45) is 1.81. The number of hydrogen-bond acceptors (Lipinski definition) is 3. The summed E-state index contributed by atoms with van der Waals surface area (Å²) in [5, 5.41) is 4.49. The smallest absolute Gasteiger partial charge is 0.234 e. The van der Waals surface area contributed by atoms with Crippen LogP contribution in [-0.2, 0) is 11.3 Å². The number of benzene rings is 2. The quantitative estimate of drug-likeness (QED) is 0.460. The van der Waals surface area contributed by atoms with E-state index in [2.05, 4.69) is 16.9 Å². The second kappa shape index (κ2) is 7.95. The highest BCUT2D eigenvalue weighted by atomic mass is 35.5.